The first-order chi connectivity index (χ1) is 10.7. The molecule has 1 aliphatic carbocycles. The van der Waals surface area contributed by atoms with Gasteiger partial charge in [0.05, 0.1) is 13.2 Å². The summed E-state index contributed by atoms with van der Waals surface area (Å²) in [7, 11) is 1.67. The molecule has 118 valence electrons. The summed E-state index contributed by atoms with van der Waals surface area (Å²) < 4.78 is 5.24. The molecular weight excluding hydrogens is 296 g/mol. The summed E-state index contributed by atoms with van der Waals surface area (Å²) in [6.45, 7) is 0.102. The van der Waals surface area contributed by atoms with Crippen LogP contribution in [0, 0.1) is 23.2 Å². The molecule has 0 aromatic heterocycles. The molecule has 5 heteroatoms. The SMILES string of the molecule is COc1cccc(SC[C@H]2CCCC[C@H]2C(=O)NCC#N)c1. The van der Waals surface area contributed by atoms with Gasteiger partial charge in [0.25, 0.3) is 0 Å². The number of amides is 1. The highest BCUT2D eigenvalue weighted by Crippen LogP contribution is 2.35. The highest BCUT2D eigenvalue weighted by molar-refractivity contribution is 7.99. The van der Waals surface area contributed by atoms with Crippen molar-refractivity contribution in [3.8, 4) is 11.8 Å². The van der Waals surface area contributed by atoms with Crippen LogP contribution in [0.15, 0.2) is 29.2 Å². The number of ether oxygens (including phenoxy) is 1. The molecule has 0 radical (unpaired) electrons. The van der Waals surface area contributed by atoms with Gasteiger partial charge in [0, 0.05) is 16.6 Å². The van der Waals surface area contributed by atoms with Crippen LogP contribution in [0.4, 0.5) is 0 Å². The van der Waals surface area contributed by atoms with E-state index in [-0.39, 0.29) is 18.4 Å². The number of thioether (sulfide) groups is 1. The molecule has 0 aliphatic heterocycles. The fourth-order valence-corrected chi connectivity index (χ4v) is 4.08. The van der Waals surface area contributed by atoms with E-state index >= 15 is 0 Å². The van der Waals surface area contributed by atoms with Crippen LogP contribution >= 0.6 is 11.8 Å². The fraction of sp³-hybridized carbons (Fsp3) is 0.529. The van der Waals surface area contributed by atoms with Gasteiger partial charge >= 0.3 is 0 Å². The summed E-state index contributed by atoms with van der Waals surface area (Å²) in [6.07, 6.45) is 4.30. The van der Waals surface area contributed by atoms with Gasteiger partial charge in [-0.15, -0.1) is 11.8 Å². The van der Waals surface area contributed by atoms with Crippen molar-refractivity contribution in [1.82, 2.24) is 5.32 Å². The smallest absolute Gasteiger partial charge is 0.224 e. The van der Waals surface area contributed by atoms with Crippen LogP contribution in [0.5, 0.6) is 5.75 Å². The highest BCUT2D eigenvalue weighted by Gasteiger charge is 2.30. The largest absolute Gasteiger partial charge is 0.497 e. The number of rotatable bonds is 6. The number of hydrogen-bond donors (Lipinski definition) is 1. The molecular formula is C17H22N2O2S. The molecule has 2 atom stereocenters. The van der Waals surface area contributed by atoms with Crippen LogP contribution < -0.4 is 10.1 Å². The standard InChI is InChI=1S/C17H22N2O2S/c1-21-14-6-4-7-15(11-14)22-12-13-5-2-3-8-16(13)17(20)19-10-9-18/h4,6-7,11,13,16H,2-3,5,8,10,12H2,1H3,(H,19,20)/t13-,16-/m1/s1. The lowest BCUT2D eigenvalue weighted by molar-refractivity contribution is -0.127. The van der Waals surface area contributed by atoms with Gasteiger partial charge in [0.2, 0.25) is 5.91 Å². The Morgan fingerprint density at radius 1 is 1.45 bits per heavy atom. The quantitative estimate of drug-likeness (QED) is 0.646. The average molecular weight is 318 g/mol. The van der Waals surface area contributed by atoms with Crippen LogP contribution in [-0.2, 0) is 4.79 Å². The average Bonchev–Trinajstić information content (AvgIpc) is 2.58. The number of nitriles is 1. The van der Waals surface area contributed by atoms with Crippen molar-refractivity contribution in [3.63, 3.8) is 0 Å². The van der Waals surface area contributed by atoms with E-state index in [1.807, 2.05) is 24.3 Å². The molecule has 22 heavy (non-hydrogen) atoms. The second-order valence-corrected chi connectivity index (χ2v) is 6.61. The van der Waals surface area contributed by atoms with Gasteiger partial charge in [-0.3, -0.25) is 4.79 Å². The van der Waals surface area contributed by atoms with Crippen molar-refractivity contribution >= 4 is 17.7 Å². The summed E-state index contributed by atoms with van der Waals surface area (Å²) in [4.78, 5) is 13.4. The number of nitrogens with zero attached hydrogens (tertiary/aromatic N) is 1. The topological polar surface area (TPSA) is 62.1 Å². The molecule has 1 fully saturated rings. The van der Waals surface area contributed by atoms with Crippen molar-refractivity contribution in [2.75, 3.05) is 19.4 Å². The van der Waals surface area contributed by atoms with Crippen LogP contribution in [0.25, 0.3) is 0 Å². The lowest BCUT2D eigenvalue weighted by Gasteiger charge is -2.30. The molecule has 0 unspecified atom stereocenters. The number of carbonyl (C=O) groups excluding carboxylic acids is 1. The van der Waals surface area contributed by atoms with Gasteiger partial charge in [-0.1, -0.05) is 18.9 Å². The van der Waals surface area contributed by atoms with E-state index < -0.39 is 0 Å². The van der Waals surface area contributed by atoms with E-state index in [1.165, 1.54) is 11.3 Å². The zero-order chi connectivity index (χ0) is 15.8. The summed E-state index contributed by atoms with van der Waals surface area (Å²) in [6, 6.07) is 9.99. The maximum atomic E-state index is 12.2. The van der Waals surface area contributed by atoms with Gasteiger partial charge in [-0.2, -0.15) is 5.26 Å². The maximum absolute atomic E-state index is 12.2. The molecule has 1 N–H and O–H groups in total. The van der Waals surface area contributed by atoms with E-state index in [4.69, 9.17) is 10.00 Å². The Labute approximate surface area is 136 Å². The molecule has 1 saturated carbocycles. The zero-order valence-corrected chi connectivity index (χ0v) is 13.7. The third-order valence-corrected chi connectivity index (χ3v) is 5.27. The molecule has 2 rings (SSSR count). The van der Waals surface area contributed by atoms with E-state index in [0.717, 1.165) is 30.8 Å². The highest BCUT2D eigenvalue weighted by atomic mass is 32.2. The fourth-order valence-electron chi connectivity index (χ4n) is 2.90. The van der Waals surface area contributed by atoms with Crippen LogP contribution in [0.3, 0.4) is 0 Å². The first kappa shape index (κ1) is 16.7. The Morgan fingerprint density at radius 3 is 3.05 bits per heavy atom. The molecule has 0 heterocycles. The molecule has 1 aromatic carbocycles. The van der Waals surface area contributed by atoms with Crippen molar-refractivity contribution in [1.29, 1.82) is 5.26 Å². The lowest BCUT2D eigenvalue weighted by atomic mass is 9.80. The Bertz CT molecular complexity index is 542. The molecule has 1 amide bonds. The Hall–Kier alpha value is -1.67. The maximum Gasteiger partial charge on any atom is 0.224 e. The predicted octanol–water partition coefficient (Wildman–Crippen LogP) is 3.23. The van der Waals surface area contributed by atoms with Crippen molar-refractivity contribution in [2.24, 2.45) is 11.8 Å². The summed E-state index contributed by atoms with van der Waals surface area (Å²) in [5, 5.41) is 11.3. The van der Waals surface area contributed by atoms with Gasteiger partial charge in [0.15, 0.2) is 0 Å². The Kier molecular flexibility index (Phi) is 6.60. The molecule has 1 aromatic rings. The van der Waals surface area contributed by atoms with E-state index in [0.29, 0.717) is 5.92 Å². The first-order valence-corrected chi connectivity index (χ1v) is 8.64. The van der Waals surface area contributed by atoms with Gasteiger partial charge in [-0.05, 0) is 37.0 Å². The van der Waals surface area contributed by atoms with E-state index in [9.17, 15) is 4.79 Å². The molecule has 0 bridgehead atoms. The molecule has 0 spiro atoms. The summed E-state index contributed by atoms with van der Waals surface area (Å²) in [5.74, 6) is 2.25. The van der Waals surface area contributed by atoms with Gasteiger partial charge in [0.1, 0.15) is 12.3 Å². The minimum atomic E-state index is 0.0393. The number of benzene rings is 1. The number of methoxy groups -OCH3 is 1. The van der Waals surface area contributed by atoms with E-state index in [2.05, 4.69) is 11.4 Å². The van der Waals surface area contributed by atoms with Gasteiger partial charge < -0.3 is 10.1 Å². The minimum Gasteiger partial charge on any atom is -0.497 e. The van der Waals surface area contributed by atoms with Crippen molar-refractivity contribution < 1.29 is 9.53 Å². The third kappa shape index (κ3) is 4.67. The van der Waals surface area contributed by atoms with Crippen LogP contribution in [0.1, 0.15) is 25.7 Å². The van der Waals surface area contributed by atoms with Crippen molar-refractivity contribution in [2.45, 2.75) is 30.6 Å². The number of carbonyl (C=O) groups is 1. The Morgan fingerprint density at radius 2 is 2.27 bits per heavy atom. The second kappa shape index (κ2) is 8.70. The van der Waals surface area contributed by atoms with Gasteiger partial charge in [-0.25, -0.2) is 0 Å². The van der Waals surface area contributed by atoms with Crippen LogP contribution in [0.2, 0.25) is 0 Å². The molecule has 4 nitrogen and oxygen atoms in total. The normalized spacial score (nSPS) is 20.9. The second-order valence-electron chi connectivity index (χ2n) is 5.52. The predicted molar refractivity (Wildman–Crippen MR) is 87.8 cm³/mol. The third-order valence-electron chi connectivity index (χ3n) is 4.09. The first-order valence-electron chi connectivity index (χ1n) is 7.66. The van der Waals surface area contributed by atoms with Crippen LogP contribution in [-0.4, -0.2) is 25.3 Å². The Balaban J connectivity index is 1.93. The number of nitrogens with one attached hydrogen (secondary N) is 1. The zero-order valence-electron chi connectivity index (χ0n) is 12.9. The number of hydrogen-bond acceptors (Lipinski definition) is 4. The molecule has 1 aliphatic rings. The van der Waals surface area contributed by atoms with E-state index in [1.54, 1.807) is 18.9 Å². The minimum absolute atomic E-state index is 0.0393. The molecule has 0 saturated heterocycles. The lowest BCUT2D eigenvalue weighted by Crippen LogP contribution is -2.37. The van der Waals surface area contributed by atoms with Crippen molar-refractivity contribution in [3.05, 3.63) is 24.3 Å². The monoisotopic (exact) mass is 318 g/mol. The summed E-state index contributed by atoms with van der Waals surface area (Å²) >= 11 is 1.78. The summed E-state index contributed by atoms with van der Waals surface area (Å²) in [5.41, 5.74) is 0.